The SMILES string of the molecule is C=C(C)CCC(N)C(C)(C)c1ccccc1. The third-order valence-electron chi connectivity index (χ3n) is 3.33. The number of benzene rings is 1. The normalized spacial score (nSPS) is 13.5. The van der Waals surface area contributed by atoms with Gasteiger partial charge < -0.3 is 5.73 Å². The first-order valence-electron chi connectivity index (χ1n) is 5.90. The van der Waals surface area contributed by atoms with Crippen LogP contribution in [0, 0.1) is 0 Å². The van der Waals surface area contributed by atoms with Gasteiger partial charge in [0, 0.05) is 11.5 Å². The first kappa shape index (κ1) is 13.0. The summed E-state index contributed by atoms with van der Waals surface area (Å²) < 4.78 is 0. The Hall–Kier alpha value is -1.08. The molecule has 1 aromatic carbocycles. The average Bonchev–Trinajstić information content (AvgIpc) is 2.27. The topological polar surface area (TPSA) is 26.0 Å². The van der Waals surface area contributed by atoms with Gasteiger partial charge in [-0.05, 0) is 25.3 Å². The van der Waals surface area contributed by atoms with Crippen molar-refractivity contribution in [3.8, 4) is 0 Å². The van der Waals surface area contributed by atoms with Crippen LogP contribution in [0.1, 0.15) is 39.2 Å². The summed E-state index contributed by atoms with van der Waals surface area (Å²) in [6.45, 7) is 10.4. The standard InChI is InChI=1S/C15H23N/c1-12(2)10-11-14(16)15(3,4)13-8-6-5-7-9-13/h5-9,14H,1,10-11,16H2,2-4H3. The lowest BCUT2D eigenvalue weighted by Crippen LogP contribution is -2.40. The number of hydrogen-bond acceptors (Lipinski definition) is 1. The lowest BCUT2D eigenvalue weighted by atomic mass is 9.76. The molecule has 1 aromatic rings. The fourth-order valence-corrected chi connectivity index (χ4v) is 1.84. The summed E-state index contributed by atoms with van der Waals surface area (Å²) >= 11 is 0. The third kappa shape index (κ3) is 3.21. The molecule has 0 aliphatic heterocycles. The van der Waals surface area contributed by atoms with E-state index >= 15 is 0 Å². The molecule has 0 radical (unpaired) electrons. The molecule has 88 valence electrons. The maximum atomic E-state index is 6.29. The van der Waals surface area contributed by atoms with Crippen molar-refractivity contribution in [2.75, 3.05) is 0 Å². The van der Waals surface area contributed by atoms with Crippen molar-refractivity contribution in [1.29, 1.82) is 0 Å². The van der Waals surface area contributed by atoms with Crippen molar-refractivity contribution in [3.05, 3.63) is 48.0 Å². The van der Waals surface area contributed by atoms with Crippen LogP contribution in [0.15, 0.2) is 42.5 Å². The van der Waals surface area contributed by atoms with Crippen LogP contribution in [0.2, 0.25) is 0 Å². The van der Waals surface area contributed by atoms with Crippen LogP contribution in [0.3, 0.4) is 0 Å². The van der Waals surface area contributed by atoms with Gasteiger partial charge >= 0.3 is 0 Å². The highest BCUT2D eigenvalue weighted by Crippen LogP contribution is 2.28. The average molecular weight is 217 g/mol. The quantitative estimate of drug-likeness (QED) is 0.749. The molecule has 0 heterocycles. The van der Waals surface area contributed by atoms with E-state index in [1.54, 1.807) is 0 Å². The molecule has 0 saturated carbocycles. The maximum Gasteiger partial charge on any atom is 0.0134 e. The minimum Gasteiger partial charge on any atom is -0.327 e. The first-order valence-corrected chi connectivity index (χ1v) is 5.90. The van der Waals surface area contributed by atoms with E-state index in [-0.39, 0.29) is 11.5 Å². The molecule has 2 N–H and O–H groups in total. The van der Waals surface area contributed by atoms with Gasteiger partial charge in [-0.15, -0.1) is 6.58 Å². The van der Waals surface area contributed by atoms with E-state index in [1.165, 1.54) is 11.1 Å². The zero-order chi connectivity index (χ0) is 12.2. The van der Waals surface area contributed by atoms with Crippen molar-refractivity contribution >= 4 is 0 Å². The summed E-state index contributed by atoms with van der Waals surface area (Å²) in [5.74, 6) is 0. The summed E-state index contributed by atoms with van der Waals surface area (Å²) in [7, 11) is 0. The summed E-state index contributed by atoms with van der Waals surface area (Å²) in [5.41, 5.74) is 8.83. The van der Waals surface area contributed by atoms with E-state index < -0.39 is 0 Å². The minimum atomic E-state index is 0.0245. The van der Waals surface area contributed by atoms with Gasteiger partial charge in [-0.3, -0.25) is 0 Å². The molecule has 0 aromatic heterocycles. The Morgan fingerprint density at radius 3 is 2.38 bits per heavy atom. The highest BCUT2D eigenvalue weighted by Gasteiger charge is 2.27. The highest BCUT2D eigenvalue weighted by molar-refractivity contribution is 5.25. The van der Waals surface area contributed by atoms with Crippen molar-refractivity contribution in [1.82, 2.24) is 0 Å². The Balaban J connectivity index is 2.73. The van der Waals surface area contributed by atoms with E-state index in [4.69, 9.17) is 5.73 Å². The largest absolute Gasteiger partial charge is 0.327 e. The van der Waals surface area contributed by atoms with Gasteiger partial charge in [-0.2, -0.15) is 0 Å². The van der Waals surface area contributed by atoms with Crippen LogP contribution in [-0.4, -0.2) is 6.04 Å². The van der Waals surface area contributed by atoms with E-state index in [9.17, 15) is 0 Å². The molecule has 0 spiro atoms. The second kappa shape index (κ2) is 5.31. The van der Waals surface area contributed by atoms with Crippen molar-refractivity contribution < 1.29 is 0 Å². The van der Waals surface area contributed by atoms with Crippen molar-refractivity contribution in [3.63, 3.8) is 0 Å². The van der Waals surface area contributed by atoms with Gasteiger partial charge in [0.25, 0.3) is 0 Å². The van der Waals surface area contributed by atoms with Crippen LogP contribution >= 0.6 is 0 Å². The van der Waals surface area contributed by atoms with Crippen LogP contribution < -0.4 is 5.73 Å². The highest BCUT2D eigenvalue weighted by atomic mass is 14.7. The lowest BCUT2D eigenvalue weighted by Gasteiger charge is -2.32. The first-order chi connectivity index (χ1) is 7.44. The third-order valence-corrected chi connectivity index (χ3v) is 3.33. The Bertz CT molecular complexity index is 338. The van der Waals surface area contributed by atoms with Gasteiger partial charge in [0.1, 0.15) is 0 Å². The maximum absolute atomic E-state index is 6.29. The zero-order valence-corrected chi connectivity index (χ0v) is 10.7. The van der Waals surface area contributed by atoms with E-state index in [2.05, 4.69) is 51.6 Å². The Morgan fingerprint density at radius 1 is 1.31 bits per heavy atom. The Morgan fingerprint density at radius 2 is 1.88 bits per heavy atom. The lowest BCUT2D eigenvalue weighted by molar-refractivity contribution is 0.388. The molecule has 1 rings (SSSR count). The fraction of sp³-hybridized carbons (Fsp3) is 0.467. The second-order valence-corrected chi connectivity index (χ2v) is 5.19. The molecule has 1 nitrogen and oxygen atoms in total. The molecule has 0 amide bonds. The summed E-state index contributed by atoms with van der Waals surface area (Å²) in [6, 6.07) is 10.7. The summed E-state index contributed by atoms with van der Waals surface area (Å²) in [5, 5.41) is 0. The number of nitrogens with two attached hydrogens (primary N) is 1. The van der Waals surface area contributed by atoms with Gasteiger partial charge in [0.2, 0.25) is 0 Å². The second-order valence-electron chi connectivity index (χ2n) is 5.19. The van der Waals surface area contributed by atoms with E-state index in [1.807, 2.05) is 6.07 Å². The molecule has 0 aliphatic carbocycles. The molecule has 0 saturated heterocycles. The van der Waals surface area contributed by atoms with Gasteiger partial charge in [-0.1, -0.05) is 49.8 Å². The van der Waals surface area contributed by atoms with E-state index in [0.29, 0.717) is 0 Å². The van der Waals surface area contributed by atoms with Crippen LogP contribution in [-0.2, 0) is 5.41 Å². The summed E-state index contributed by atoms with van der Waals surface area (Å²) in [6.07, 6.45) is 2.01. The van der Waals surface area contributed by atoms with Crippen molar-refractivity contribution in [2.45, 2.75) is 45.1 Å². The number of rotatable bonds is 5. The molecular formula is C15H23N. The Labute approximate surface area is 99.4 Å². The molecule has 16 heavy (non-hydrogen) atoms. The Kier molecular flexibility index (Phi) is 4.31. The molecule has 0 bridgehead atoms. The molecular weight excluding hydrogens is 194 g/mol. The molecule has 0 aliphatic rings. The minimum absolute atomic E-state index is 0.0245. The van der Waals surface area contributed by atoms with Crippen LogP contribution in [0.25, 0.3) is 0 Å². The molecule has 1 atom stereocenters. The number of allylic oxidation sites excluding steroid dienone is 1. The molecule has 1 heteroatoms. The fourth-order valence-electron chi connectivity index (χ4n) is 1.84. The predicted octanol–water partition coefficient (Wildman–Crippen LogP) is 3.65. The van der Waals surface area contributed by atoms with Gasteiger partial charge in [-0.25, -0.2) is 0 Å². The zero-order valence-electron chi connectivity index (χ0n) is 10.7. The van der Waals surface area contributed by atoms with E-state index in [0.717, 1.165) is 12.8 Å². The van der Waals surface area contributed by atoms with Crippen LogP contribution in [0.4, 0.5) is 0 Å². The summed E-state index contributed by atoms with van der Waals surface area (Å²) in [4.78, 5) is 0. The van der Waals surface area contributed by atoms with Gasteiger partial charge in [0.15, 0.2) is 0 Å². The van der Waals surface area contributed by atoms with Gasteiger partial charge in [0.05, 0.1) is 0 Å². The molecule has 1 unspecified atom stereocenters. The number of hydrogen-bond donors (Lipinski definition) is 1. The van der Waals surface area contributed by atoms with Crippen LogP contribution in [0.5, 0.6) is 0 Å². The predicted molar refractivity (Wildman–Crippen MR) is 71.5 cm³/mol. The monoisotopic (exact) mass is 217 g/mol. The smallest absolute Gasteiger partial charge is 0.0134 e. The molecule has 0 fully saturated rings. The van der Waals surface area contributed by atoms with Crippen molar-refractivity contribution in [2.24, 2.45) is 5.73 Å².